The fraction of sp³-hybridized carbons (Fsp3) is 0.769. The van der Waals surface area contributed by atoms with Gasteiger partial charge in [-0.15, -0.1) is 5.06 Å². The Morgan fingerprint density at radius 3 is 2.94 bits per heavy atom. The van der Waals surface area contributed by atoms with Crippen molar-refractivity contribution in [2.45, 2.75) is 51.1 Å². The molecule has 4 nitrogen and oxygen atoms in total. The van der Waals surface area contributed by atoms with Gasteiger partial charge in [-0.05, 0) is 44.1 Å². The van der Waals surface area contributed by atoms with Gasteiger partial charge in [0.15, 0.2) is 0 Å². The average molecular weight is 237 g/mol. The lowest BCUT2D eigenvalue weighted by Gasteiger charge is -2.33. The summed E-state index contributed by atoms with van der Waals surface area (Å²) in [5.41, 5.74) is 0. The van der Waals surface area contributed by atoms with Crippen molar-refractivity contribution >= 4 is 5.97 Å². The van der Waals surface area contributed by atoms with Crippen LogP contribution in [-0.4, -0.2) is 28.2 Å². The smallest absolute Gasteiger partial charge is 0.305 e. The molecule has 3 aliphatic rings. The van der Waals surface area contributed by atoms with Crippen molar-refractivity contribution in [1.29, 1.82) is 0 Å². The molecule has 1 heterocycles. The fourth-order valence-corrected chi connectivity index (χ4v) is 3.77. The highest BCUT2D eigenvalue weighted by Gasteiger charge is 2.46. The third kappa shape index (κ3) is 1.95. The highest BCUT2D eigenvalue weighted by Crippen LogP contribution is 2.48. The van der Waals surface area contributed by atoms with Crippen molar-refractivity contribution in [3.05, 3.63) is 11.8 Å². The van der Waals surface area contributed by atoms with Crippen LogP contribution in [-0.2, 0) is 9.63 Å². The van der Waals surface area contributed by atoms with Gasteiger partial charge in [0, 0.05) is 6.04 Å². The van der Waals surface area contributed by atoms with E-state index in [1.165, 1.54) is 25.7 Å². The highest BCUT2D eigenvalue weighted by molar-refractivity contribution is 5.68. The zero-order valence-electron chi connectivity index (χ0n) is 10.1. The van der Waals surface area contributed by atoms with Crippen LogP contribution in [0.3, 0.4) is 0 Å². The van der Waals surface area contributed by atoms with Crippen molar-refractivity contribution in [3.63, 3.8) is 0 Å². The summed E-state index contributed by atoms with van der Waals surface area (Å²) in [5.74, 6) is 1.66. The van der Waals surface area contributed by atoms with E-state index in [1.807, 2.05) is 18.1 Å². The van der Waals surface area contributed by atoms with Crippen molar-refractivity contribution in [2.75, 3.05) is 0 Å². The number of nitrogens with zero attached hydrogens (tertiary/aromatic N) is 1. The first-order valence-corrected chi connectivity index (χ1v) is 6.50. The van der Waals surface area contributed by atoms with E-state index in [4.69, 9.17) is 9.94 Å². The summed E-state index contributed by atoms with van der Waals surface area (Å²) in [6.45, 7) is 1.90. The van der Waals surface area contributed by atoms with Crippen LogP contribution < -0.4 is 0 Å². The number of hydrogen-bond acceptors (Lipinski definition) is 3. The number of carboxylic acid groups (broad SMARTS) is 1. The largest absolute Gasteiger partial charge is 0.481 e. The zero-order chi connectivity index (χ0) is 12.0. The molecule has 0 saturated heterocycles. The molecule has 2 bridgehead atoms. The second-order valence-electron chi connectivity index (χ2n) is 5.64. The minimum Gasteiger partial charge on any atom is -0.481 e. The predicted molar refractivity (Wildman–Crippen MR) is 62.0 cm³/mol. The Kier molecular flexibility index (Phi) is 2.62. The van der Waals surface area contributed by atoms with Gasteiger partial charge in [-0.2, -0.15) is 0 Å². The number of fused-ring (bicyclic) bond motifs is 2. The van der Waals surface area contributed by atoms with Gasteiger partial charge < -0.3 is 9.94 Å². The number of hydrogen-bond donors (Lipinski definition) is 1. The van der Waals surface area contributed by atoms with Crippen LogP contribution in [0.1, 0.15) is 39.0 Å². The molecular formula is C13H19NO3. The second-order valence-corrected chi connectivity index (χ2v) is 5.64. The summed E-state index contributed by atoms with van der Waals surface area (Å²) in [4.78, 5) is 16.6. The molecule has 17 heavy (non-hydrogen) atoms. The van der Waals surface area contributed by atoms with Crippen LogP contribution in [0, 0.1) is 11.8 Å². The number of allylic oxidation sites excluding steroid dienone is 1. The Labute approximate surface area is 101 Å². The van der Waals surface area contributed by atoms with Gasteiger partial charge in [0.2, 0.25) is 0 Å². The second kappa shape index (κ2) is 4.02. The molecule has 2 aliphatic carbocycles. The Morgan fingerprint density at radius 2 is 2.35 bits per heavy atom. The molecule has 0 aromatic rings. The molecule has 1 N–H and O–H groups in total. The summed E-state index contributed by atoms with van der Waals surface area (Å²) in [6, 6.07) is 0.364. The number of rotatable bonds is 3. The number of hydroxylamine groups is 2. The molecule has 0 radical (unpaired) electrons. The van der Waals surface area contributed by atoms with E-state index in [0.29, 0.717) is 6.04 Å². The minimum atomic E-state index is -0.752. The summed E-state index contributed by atoms with van der Waals surface area (Å²) >= 11 is 0. The first-order chi connectivity index (χ1) is 8.13. The lowest BCUT2D eigenvalue weighted by atomic mass is 9.94. The van der Waals surface area contributed by atoms with Crippen molar-refractivity contribution < 1.29 is 14.7 Å². The summed E-state index contributed by atoms with van der Waals surface area (Å²) in [5, 5.41) is 10.9. The summed E-state index contributed by atoms with van der Waals surface area (Å²) in [7, 11) is 0. The lowest BCUT2D eigenvalue weighted by molar-refractivity contribution is -0.168. The van der Waals surface area contributed by atoms with E-state index in [0.717, 1.165) is 17.6 Å². The number of carbonyl (C=O) groups is 1. The Hall–Kier alpha value is -1.03. The van der Waals surface area contributed by atoms with Gasteiger partial charge in [0.05, 0.1) is 12.5 Å². The quantitative estimate of drug-likeness (QED) is 0.817. The molecule has 3 rings (SSSR count). The molecule has 4 heteroatoms. The maximum atomic E-state index is 10.9. The third-order valence-corrected chi connectivity index (χ3v) is 4.41. The Morgan fingerprint density at radius 1 is 1.53 bits per heavy atom. The van der Waals surface area contributed by atoms with Gasteiger partial charge >= 0.3 is 5.97 Å². The molecule has 4 atom stereocenters. The first-order valence-electron chi connectivity index (χ1n) is 6.50. The standard InChI is InChI=1S/C13H19NO3/c1-8-4-11(7-13(15)16)14(17-8)12-6-9-2-3-10(12)5-9/h4,9-12H,2-3,5-7H2,1H3,(H,15,16). The number of aliphatic carboxylic acids is 1. The molecule has 0 aromatic heterocycles. The van der Waals surface area contributed by atoms with E-state index < -0.39 is 5.97 Å². The van der Waals surface area contributed by atoms with Crippen LogP contribution in [0.2, 0.25) is 0 Å². The van der Waals surface area contributed by atoms with E-state index in [9.17, 15) is 4.79 Å². The van der Waals surface area contributed by atoms with Crippen LogP contribution in [0.25, 0.3) is 0 Å². The van der Waals surface area contributed by atoms with Crippen LogP contribution >= 0.6 is 0 Å². The average Bonchev–Trinajstić information content (AvgIpc) is 2.91. The molecule has 2 saturated carbocycles. The van der Waals surface area contributed by atoms with Crippen molar-refractivity contribution in [2.24, 2.45) is 11.8 Å². The molecule has 0 aromatic carbocycles. The monoisotopic (exact) mass is 237 g/mol. The van der Waals surface area contributed by atoms with Gasteiger partial charge in [0.1, 0.15) is 5.76 Å². The van der Waals surface area contributed by atoms with E-state index >= 15 is 0 Å². The molecule has 2 fully saturated rings. The Bertz CT molecular complexity index is 366. The molecular weight excluding hydrogens is 218 g/mol. The van der Waals surface area contributed by atoms with E-state index in [2.05, 4.69) is 0 Å². The molecule has 0 amide bonds. The first kappa shape index (κ1) is 11.1. The van der Waals surface area contributed by atoms with E-state index in [-0.39, 0.29) is 12.5 Å². The lowest BCUT2D eigenvalue weighted by Crippen LogP contribution is -2.42. The maximum absolute atomic E-state index is 10.9. The molecule has 94 valence electrons. The van der Waals surface area contributed by atoms with Crippen LogP contribution in [0.15, 0.2) is 11.8 Å². The molecule has 1 aliphatic heterocycles. The van der Waals surface area contributed by atoms with E-state index in [1.54, 1.807) is 0 Å². The predicted octanol–water partition coefficient (Wildman–Crippen LogP) is 2.17. The highest BCUT2D eigenvalue weighted by atomic mass is 16.7. The van der Waals surface area contributed by atoms with Crippen LogP contribution in [0.5, 0.6) is 0 Å². The van der Waals surface area contributed by atoms with Crippen molar-refractivity contribution in [1.82, 2.24) is 5.06 Å². The topological polar surface area (TPSA) is 49.8 Å². The summed E-state index contributed by atoms with van der Waals surface area (Å²) in [6.07, 6.45) is 7.22. The molecule has 4 unspecified atom stereocenters. The SMILES string of the molecule is CC1=CC(CC(=O)O)N(C2CC3CCC2C3)O1. The molecule has 0 spiro atoms. The van der Waals surface area contributed by atoms with Gasteiger partial charge in [-0.25, -0.2) is 0 Å². The maximum Gasteiger partial charge on any atom is 0.305 e. The van der Waals surface area contributed by atoms with Gasteiger partial charge in [-0.1, -0.05) is 6.42 Å². The fourth-order valence-electron chi connectivity index (χ4n) is 3.77. The normalized spacial score (nSPS) is 40.4. The Balaban J connectivity index is 1.72. The minimum absolute atomic E-state index is 0.0724. The van der Waals surface area contributed by atoms with Gasteiger partial charge in [-0.3, -0.25) is 4.79 Å². The summed E-state index contributed by atoms with van der Waals surface area (Å²) < 4.78 is 0. The zero-order valence-corrected chi connectivity index (χ0v) is 10.1. The van der Waals surface area contributed by atoms with Crippen molar-refractivity contribution in [3.8, 4) is 0 Å². The third-order valence-electron chi connectivity index (χ3n) is 4.41. The van der Waals surface area contributed by atoms with Crippen LogP contribution in [0.4, 0.5) is 0 Å². The number of carboxylic acids is 1. The van der Waals surface area contributed by atoms with Gasteiger partial charge in [0.25, 0.3) is 0 Å².